The Labute approximate surface area is 119 Å². The Balaban J connectivity index is 0. The maximum Gasteiger partial charge on any atom is 0.320 e. The van der Waals surface area contributed by atoms with Crippen molar-refractivity contribution >= 4 is 11.9 Å². The summed E-state index contributed by atoms with van der Waals surface area (Å²) in [6.07, 6.45) is 1.44. The highest BCUT2D eigenvalue weighted by Gasteiger charge is 2.17. The van der Waals surface area contributed by atoms with E-state index in [1.54, 1.807) is 6.92 Å². The van der Waals surface area contributed by atoms with E-state index in [0.717, 1.165) is 12.8 Å². The van der Waals surface area contributed by atoms with Crippen LogP contribution in [0.2, 0.25) is 0 Å². The minimum absolute atomic E-state index is 0.0176. The minimum atomic E-state index is -1.05. The van der Waals surface area contributed by atoms with Crippen LogP contribution in [0.25, 0.3) is 0 Å². The molecule has 8 heteroatoms. The Bertz CT molecular complexity index is 272. The van der Waals surface area contributed by atoms with Gasteiger partial charge in [-0.05, 0) is 19.8 Å². The second-order valence-corrected chi connectivity index (χ2v) is 4.61. The summed E-state index contributed by atoms with van der Waals surface area (Å²) in [6, 6.07) is -0.836. The van der Waals surface area contributed by atoms with E-state index in [4.69, 9.17) is 27.4 Å². The Morgan fingerprint density at radius 2 is 1.80 bits per heavy atom. The van der Waals surface area contributed by atoms with Crippen molar-refractivity contribution < 1.29 is 19.8 Å². The quantitative estimate of drug-likeness (QED) is 0.287. The lowest BCUT2D eigenvalue weighted by atomic mass is 10.1. The van der Waals surface area contributed by atoms with Crippen molar-refractivity contribution in [3.8, 4) is 0 Å². The van der Waals surface area contributed by atoms with E-state index in [0.29, 0.717) is 0 Å². The van der Waals surface area contributed by atoms with Gasteiger partial charge in [0, 0.05) is 13.0 Å². The van der Waals surface area contributed by atoms with E-state index in [2.05, 4.69) is 12.2 Å². The molecule has 1 amide bonds. The van der Waals surface area contributed by atoms with Crippen molar-refractivity contribution in [2.75, 3.05) is 6.54 Å². The lowest BCUT2D eigenvalue weighted by molar-refractivity contribution is -0.139. The normalized spacial score (nSPS) is 13.3. The summed E-state index contributed by atoms with van der Waals surface area (Å²) in [7, 11) is 0. The Morgan fingerprint density at radius 3 is 2.05 bits per heavy atom. The minimum Gasteiger partial charge on any atom is -0.480 e. The maximum absolute atomic E-state index is 10.6. The van der Waals surface area contributed by atoms with Gasteiger partial charge in [0.25, 0.3) is 0 Å². The topological polar surface area (TPSA) is 165 Å². The van der Waals surface area contributed by atoms with Gasteiger partial charge in [0.05, 0.1) is 12.3 Å². The highest BCUT2D eigenvalue weighted by atomic mass is 16.4. The SMILES string of the molecule is CC(O)CN[C@@H](CCC(N)=O)C(=O)O.CCCC(N)N. The number of carbonyl (C=O) groups is 2. The first-order valence-corrected chi connectivity index (χ1v) is 6.64. The van der Waals surface area contributed by atoms with Crippen LogP contribution >= 0.6 is 0 Å². The van der Waals surface area contributed by atoms with Crippen LogP contribution in [-0.2, 0) is 9.59 Å². The first kappa shape index (κ1) is 21.1. The maximum atomic E-state index is 10.6. The van der Waals surface area contributed by atoms with Crippen LogP contribution < -0.4 is 22.5 Å². The molecule has 0 bridgehead atoms. The molecule has 20 heavy (non-hydrogen) atoms. The van der Waals surface area contributed by atoms with Gasteiger partial charge in [-0.25, -0.2) is 0 Å². The van der Waals surface area contributed by atoms with Crippen molar-refractivity contribution in [2.24, 2.45) is 17.2 Å². The number of carbonyl (C=O) groups excluding carboxylic acids is 1. The molecular weight excluding hydrogens is 264 g/mol. The fourth-order valence-electron chi connectivity index (χ4n) is 1.25. The van der Waals surface area contributed by atoms with Crippen molar-refractivity contribution in [1.82, 2.24) is 5.32 Å². The van der Waals surface area contributed by atoms with E-state index in [9.17, 15) is 9.59 Å². The van der Waals surface area contributed by atoms with Gasteiger partial charge in [-0.15, -0.1) is 0 Å². The first-order chi connectivity index (χ1) is 9.20. The molecule has 0 saturated carbocycles. The molecule has 1 unspecified atom stereocenters. The second-order valence-electron chi connectivity index (χ2n) is 4.61. The molecule has 0 aromatic heterocycles. The van der Waals surface area contributed by atoms with E-state index in [1.807, 2.05) is 0 Å². The zero-order valence-electron chi connectivity index (χ0n) is 12.2. The van der Waals surface area contributed by atoms with Crippen molar-refractivity contribution in [3.63, 3.8) is 0 Å². The van der Waals surface area contributed by atoms with Gasteiger partial charge >= 0.3 is 5.97 Å². The summed E-state index contributed by atoms with van der Waals surface area (Å²) >= 11 is 0. The van der Waals surface area contributed by atoms with Crippen LogP contribution in [0.15, 0.2) is 0 Å². The van der Waals surface area contributed by atoms with Gasteiger partial charge in [0.1, 0.15) is 6.04 Å². The first-order valence-electron chi connectivity index (χ1n) is 6.64. The number of aliphatic hydroxyl groups excluding tert-OH is 1. The number of nitrogens with one attached hydrogen (secondary N) is 1. The average Bonchev–Trinajstić information content (AvgIpc) is 2.28. The zero-order chi connectivity index (χ0) is 16.1. The van der Waals surface area contributed by atoms with E-state index in [-0.39, 0.29) is 25.6 Å². The fraction of sp³-hybridized carbons (Fsp3) is 0.833. The van der Waals surface area contributed by atoms with E-state index < -0.39 is 24.0 Å². The second kappa shape index (κ2) is 12.8. The molecule has 0 aliphatic rings. The van der Waals surface area contributed by atoms with Gasteiger partial charge in [-0.2, -0.15) is 0 Å². The third-order valence-corrected chi connectivity index (χ3v) is 2.26. The Kier molecular flexibility index (Phi) is 13.5. The number of aliphatic carboxylic acids is 1. The average molecular weight is 292 g/mol. The van der Waals surface area contributed by atoms with Crippen LogP contribution in [0.4, 0.5) is 0 Å². The Morgan fingerprint density at radius 1 is 1.25 bits per heavy atom. The molecule has 0 aliphatic carbocycles. The number of carboxylic acids is 1. The van der Waals surface area contributed by atoms with Gasteiger partial charge in [0.15, 0.2) is 0 Å². The molecule has 0 fully saturated rings. The van der Waals surface area contributed by atoms with Gasteiger partial charge < -0.3 is 32.7 Å². The molecule has 0 rings (SSSR count). The predicted molar refractivity (Wildman–Crippen MR) is 76.6 cm³/mol. The molecule has 0 aromatic carbocycles. The summed E-state index contributed by atoms with van der Waals surface area (Å²) in [6.45, 7) is 3.78. The number of rotatable bonds is 9. The zero-order valence-corrected chi connectivity index (χ0v) is 12.2. The van der Waals surface area contributed by atoms with Crippen molar-refractivity contribution in [2.45, 2.75) is 57.8 Å². The molecule has 9 N–H and O–H groups in total. The molecule has 2 atom stereocenters. The summed E-state index contributed by atoms with van der Waals surface area (Å²) in [5, 5.41) is 20.2. The molecule has 0 heterocycles. The highest BCUT2D eigenvalue weighted by molar-refractivity contribution is 5.77. The monoisotopic (exact) mass is 292 g/mol. The lowest BCUT2D eigenvalue weighted by Gasteiger charge is -2.14. The number of nitrogens with two attached hydrogens (primary N) is 3. The number of hydrogen-bond acceptors (Lipinski definition) is 6. The number of amides is 1. The molecule has 0 spiro atoms. The van der Waals surface area contributed by atoms with Gasteiger partial charge in [-0.3, -0.25) is 9.59 Å². The van der Waals surface area contributed by atoms with Crippen LogP contribution in [0.5, 0.6) is 0 Å². The van der Waals surface area contributed by atoms with Crippen LogP contribution in [0.3, 0.4) is 0 Å². The van der Waals surface area contributed by atoms with Crippen LogP contribution in [-0.4, -0.2) is 46.9 Å². The predicted octanol–water partition coefficient (Wildman–Crippen LogP) is -1.29. The number of primary amides is 1. The molecule has 0 aliphatic heterocycles. The molecular formula is C12H28N4O4. The molecule has 0 aromatic rings. The molecule has 0 radical (unpaired) electrons. The third-order valence-electron chi connectivity index (χ3n) is 2.26. The fourth-order valence-corrected chi connectivity index (χ4v) is 1.25. The van der Waals surface area contributed by atoms with Crippen LogP contribution in [0.1, 0.15) is 39.5 Å². The summed E-state index contributed by atoms with van der Waals surface area (Å²) < 4.78 is 0. The van der Waals surface area contributed by atoms with Crippen molar-refractivity contribution in [1.29, 1.82) is 0 Å². The largest absolute Gasteiger partial charge is 0.480 e. The van der Waals surface area contributed by atoms with Gasteiger partial charge in [-0.1, -0.05) is 13.3 Å². The van der Waals surface area contributed by atoms with Gasteiger partial charge in [0.2, 0.25) is 5.91 Å². The smallest absolute Gasteiger partial charge is 0.320 e. The number of hydrogen-bond donors (Lipinski definition) is 6. The summed E-state index contributed by atoms with van der Waals surface area (Å²) in [5.74, 6) is -1.58. The highest BCUT2D eigenvalue weighted by Crippen LogP contribution is 1.97. The van der Waals surface area contributed by atoms with E-state index in [1.165, 1.54) is 0 Å². The third kappa shape index (κ3) is 16.8. The standard InChI is InChI=1S/C8H16N2O4.C4H12N2/c1-5(11)4-10-6(8(13)14)2-3-7(9)12;1-2-3-4(5)6/h5-6,10-11H,2-4H2,1H3,(H2,9,12)(H,13,14);4H,2-3,5-6H2,1H3/t5?,6-;/m0./s1. The molecule has 0 saturated heterocycles. The lowest BCUT2D eigenvalue weighted by Crippen LogP contribution is -2.40. The number of aliphatic hydroxyl groups is 1. The summed E-state index contributed by atoms with van der Waals surface area (Å²) in [4.78, 5) is 21.0. The van der Waals surface area contributed by atoms with Crippen molar-refractivity contribution in [3.05, 3.63) is 0 Å². The molecule has 120 valence electrons. The summed E-state index contributed by atoms with van der Waals surface area (Å²) in [5.41, 5.74) is 15.2. The van der Waals surface area contributed by atoms with Crippen LogP contribution in [0, 0.1) is 0 Å². The van der Waals surface area contributed by atoms with E-state index >= 15 is 0 Å². The number of carboxylic acid groups (broad SMARTS) is 1. The molecule has 8 nitrogen and oxygen atoms in total. The Hall–Kier alpha value is -1.22.